The van der Waals surface area contributed by atoms with E-state index in [4.69, 9.17) is 11.6 Å². The van der Waals surface area contributed by atoms with Crippen LogP contribution in [0.5, 0.6) is 0 Å². The van der Waals surface area contributed by atoms with Crippen molar-refractivity contribution >= 4 is 33.2 Å². The summed E-state index contributed by atoms with van der Waals surface area (Å²) in [5.41, 5.74) is 2.82. The molecule has 0 aliphatic rings. The van der Waals surface area contributed by atoms with Gasteiger partial charge >= 0.3 is 0 Å². The summed E-state index contributed by atoms with van der Waals surface area (Å²) in [6.45, 7) is 4.13. The highest BCUT2D eigenvalue weighted by molar-refractivity contribution is 7.89. The van der Waals surface area contributed by atoms with Crippen LogP contribution in [0.15, 0.2) is 47.4 Å². The van der Waals surface area contributed by atoms with E-state index >= 15 is 0 Å². The molecule has 0 aromatic heterocycles. The van der Waals surface area contributed by atoms with Crippen molar-refractivity contribution in [3.8, 4) is 0 Å². The predicted octanol–water partition coefficient (Wildman–Crippen LogP) is 4.00. The molecule has 1 amide bonds. The summed E-state index contributed by atoms with van der Waals surface area (Å²) in [4.78, 5) is 12.3. The summed E-state index contributed by atoms with van der Waals surface area (Å²) >= 11 is 5.80. The summed E-state index contributed by atoms with van der Waals surface area (Å²) in [6.07, 6.45) is 0.675. The van der Waals surface area contributed by atoms with E-state index in [9.17, 15) is 13.2 Å². The van der Waals surface area contributed by atoms with Gasteiger partial charge in [-0.3, -0.25) is 4.79 Å². The smallest absolute Gasteiger partial charge is 0.242 e. The van der Waals surface area contributed by atoms with Gasteiger partial charge in [0.25, 0.3) is 0 Å². The van der Waals surface area contributed by atoms with Gasteiger partial charge in [-0.1, -0.05) is 29.8 Å². The number of benzene rings is 2. The summed E-state index contributed by atoms with van der Waals surface area (Å²) < 4.78 is 26.2. The molecule has 0 saturated heterocycles. The topological polar surface area (TPSA) is 66.5 Å². The van der Waals surface area contributed by atoms with Gasteiger partial charge in [0.15, 0.2) is 0 Å². The lowest BCUT2D eigenvalue weighted by Gasteiger charge is -2.17. The quantitative estimate of drug-likeness (QED) is 0.771. The first-order valence-corrected chi connectivity index (χ1v) is 10.1. The van der Waals surface area contributed by atoms with Crippen LogP contribution in [0, 0.1) is 13.8 Å². The number of carbonyl (C=O) groups excluding carboxylic acids is 1. The van der Waals surface area contributed by atoms with Crippen molar-refractivity contribution in [1.82, 2.24) is 4.31 Å². The molecule has 7 heteroatoms. The molecule has 0 aliphatic carbocycles. The SMILES string of the molecule is Cc1cccc(C)c1NC(=O)CCCN(C)S(=O)(=O)c1ccc(Cl)cc1. The third-order valence-corrected chi connectivity index (χ3v) is 6.27. The Morgan fingerprint density at radius 2 is 1.65 bits per heavy atom. The molecule has 26 heavy (non-hydrogen) atoms. The van der Waals surface area contributed by atoms with Crippen LogP contribution in [0.3, 0.4) is 0 Å². The second-order valence-electron chi connectivity index (χ2n) is 6.20. The molecule has 2 aromatic carbocycles. The summed E-state index contributed by atoms with van der Waals surface area (Å²) in [6, 6.07) is 11.9. The zero-order chi connectivity index (χ0) is 19.3. The lowest BCUT2D eigenvalue weighted by Crippen LogP contribution is -2.28. The van der Waals surface area contributed by atoms with E-state index < -0.39 is 10.0 Å². The maximum absolute atomic E-state index is 12.5. The third kappa shape index (κ3) is 5.06. The zero-order valence-electron chi connectivity index (χ0n) is 15.1. The highest BCUT2D eigenvalue weighted by Crippen LogP contribution is 2.20. The molecule has 2 aromatic rings. The number of sulfonamides is 1. The Morgan fingerprint density at radius 1 is 1.08 bits per heavy atom. The number of aryl methyl sites for hydroxylation is 2. The first-order chi connectivity index (χ1) is 12.2. The van der Waals surface area contributed by atoms with Crippen molar-refractivity contribution in [3.05, 3.63) is 58.6 Å². The molecule has 0 aliphatic heterocycles. The minimum absolute atomic E-state index is 0.125. The van der Waals surface area contributed by atoms with E-state index in [1.54, 1.807) is 12.1 Å². The number of nitrogens with zero attached hydrogens (tertiary/aromatic N) is 1. The monoisotopic (exact) mass is 394 g/mol. The number of rotatable bonds is 7. The average molecular weight is 395 g/mol. The van der Waals surface area contributed by atoms with Gasteiger partial charge in [-0.15, -0.1) is 0 Å². The first kappa shape index (κ1) is 20.4. The standard InChI is InChI=1S/C19H23ClN2O3S/c1-14-6-4-7-15(2)19(14)21-18(23)8-5-13-22(3)26(24,25)17-11-9-16(20)10-12-17/h4,6-7,9-12H,5,8,13H2,1-3H3,(H,21,23). The third-order valence-electron chi connectivity index (χ3n) is 4.14. The largest absolute Gasteiger partial charge is 0.326 e. The van der Waals surface area contributed by atoms with Gasteiger partial charge in [0.1, 0.15) is 0 Å². The molecule has 1 N–H and O–H groups in total. The van der Waals surface area contributed by atoms with Crippen molar-refractivity contribution < 1.29 is 13.2 Å². The van der Waals surface area contributed by atoms with Crippen molar-refractivity contribution in [2.75, 3.05) is 18.9 Å². The first-order valence-electron chi connectivity index (χ1n) is 8.30. The van der Waals surface area contributed by atoms with E-state index in [1.807, 2.05) is 32.0 Å². The maximum Gasteiger partial charge on any atom is 0.242 e. The van der Waals surface area contributed by atoms with E-state index in [-0.39, 0.29) is 23.8 Å². The van der Waals surface area contributed by atoms with Crippen LogP contribution in [0.1, 0.15) is 24.0 Å². The fraction of sp³-hybridized carbons (Fsp3) is 0.316. The van der Waals surface area contributed by atoms with E-state index in [0.29, 0.717) is 11.4 Å². The molecule has 0 heterocycles. The molecule has 5 nitrogen and oxygen atoms in total. The molecular formula is C19H23ClN2O3S. The van der Waals surface area contributed by atoms with Crippen LogP contribution >= 0.6 is 11.6 Å². The number of nitrogens with one attached hydrogen (secondary N) is 1. The fourth-order valence-electron chi connectivity index (χ4n) is 2.58. The minimum atomic E-state index is -3.58. The number of halogens is 1. The lowest BCUT2D eigenvalue weighted by molar-refractivity contribution is -0.116. The molecule has 140 valence electrons. The molecular weight excluding hydrogens is 372 g/mol. The molecule has 0 fully saturated rings. The van der Waals surface area contributed by atoms with Crippen LogP contribution in [-0.2, 0) is 14.8 Å². The van der Waals surface area contributed by atoms with Gasteiger partial charge in [0.05, 0.1) is 4.90 Å². The Kier molecular flexibility index (Phi) is 6.81. The van der Waals surface area contributed by atoms with Gasteiger partial charge < -0.3 is 5.32 Å². The van der Waals surface area contributed by atoms with E-state index in [2.05, 4.69) is 5.32 Å². The van der Waals surface area contributed by atoms with Gasteiger partial charge in [-0.05, 0) is 55.7 Å². The highest BCUT2D eigenvalue weighted by atomic mass is 35.5. The Labute approximate surface area is 160 Å². The zero-order valence-corrected chi connectivity index (χ0v) is 16.7. The van der Waals surface area contributed by atoms with Crippen LogP contribution in [0.25, 0.3) is 0 Å². The van der Waals surface area contributed by atoms with E-state index in [0.717, 1.165) is 16.8 Å². The lowest BCUT2D eigenvalue weighted by atomic mass is 10.1. The van der Waals surface area contributed by atoms with Crippen molar-refractivity contribution in [2.45, 2.75) is 31.6 Å². The maximum atomic E-state index is 12.5. The Hall–Kier alpha value is -1.89. The van der Waals surface area contributed by atoms with Crippen molar-refractivity contribution in [2.24, 2.45) is 0 Å². The Bertz CT molecular complexity index is 860. The molecule has 0 unspecified atom stereocenters. The summed E-state index contributed by atoms with van der Waals surface area (Å²) in [5, 5.41) is 3.39. The second-order valence-corrected chi connectivity index (χ2v) is 8.68. The molecule has 0 saturated carbocycles. The highest BCUT2D eigenvalue weighted by Gasteiger charge is 2.20. The Morgan fingerprint density at radius 3 is 2.23 bits per heavy atom. The molecule has 0 atom stereocenters. The van der Waals surface area contributed by atoms with Gasteiger partial charge in [0.2, 0.25) is 15.9 Å². The average Bonchev–Trinajstić information content (AvgIpc) is 2.58. The van der Waals surface area contributed by atoms with Crippen LogP contribution in [0.4, 0.5) is 5.69 Å². The van der Waals surface area contributed by atoms with Crippen molar-refractivity contribution in [3.63, 3.8) is 0 Å². The molecule has 0 bridgehead atoms. The Balaban J connectivity index is 1.90. The summed E-state index contributed by atoms with van der Waals surface area (Å²) in [7, 11) is -2.08. The molecule has 2 rings (SSSR count). The van der Waals surface area contributed by atoms with Crippen LogP contribution in [-0.4, -0.2) is 32.2 Å². The second kappa shape index (κ2) is 8.66. The molecule has 0 radical (unpaired) electrons. The van der Waals surface area contributed by atoms with E-state index in [1.165, 1.54) is 23.5 Å². The normalized spacial score (nSPS) is 11.6. The minimum Gasteiger partial charge on any atom is -0.326 e. The van der Waals surface area contributed by atoms with Crippen LogP contribution in [0.2, 0.25) is 5.02 Å². The number of hydrogen-bond donors (Lipinski definition) is 1. The van der Waals surface area contributed by atoms with Gasteiger partial charge in [0, 0.05) is 30.7 Å². The number of amides is 1. The van der Waals surface area contributed by atoms with Gasteiger partial charge in [-0.25, -0.2) is 12.7 Å². The number of carbonyl (C=O) groups is 1. The predicted molar refractivity (Wildman–Crippen MR) is 105 cm³/mol. The fourth-order valence-corrected chi connectivity index (χ4v) is 3.92. The summed E-state index contributed by atoms with van der Waals surface area (Å²) in [5.74, 6) is -0.125. The van der Waals surface area contributed by atoms with Crippen LogP contribution < -0.4 is 5.32 Å². The van der Waals surface area contributed by atoms with Crippen molar-refractivity contribution in [1.29, 1.82) is 0 Å². The number of anilines is 1. The number of para-hydroxylation sites is 1. The molecule has 0 spiro atoms. The number of hydrogen-bond acceptors (Lipinski definition) is 3. The van der Waals surface area contributed by atoms with Gasteiger partial charge in [-0.2, -0.15) is 0 Å².